The Hall–Kier alpha value is 0.0569. The molecule has 5 heteroatoms. The number of nitrogens with zero attached hydrogens (tertiary/aromatic N) is 1. The van der Waals surface area contributed by atoms with Gasteiger partial charge >= 0.3 is 8.56 Å². The Kier molecular flexibility index (Phi) is 11.0. The molecule has 0 N–H and O–H groups in total. The average Bonchev–Trinajstić information content (AvgIpc) is 2.34. The van der Waals surface area contributed by atoms with E-state index in [2.05, 4.69) is 25.3 Å². The lowest BCUT2D eigenvalue weighted by Gasteiger charge is -2.26. The zero-order valence-corrected chi connectivity index (χ0v) is 13.8. The van der Waals surface area contributed by atoms with Gasteiger partial charge in [-0.15, -0.1) is 0 Å². The molecule has 0 unspecified atom stereocenters. The normalized spacial score (nSPS) is 12.3. The summed E-state index contributed by atoms with van der Waals surface area (Å²) in [6.45, 7) is 16.7. The Bertz CT molecular complexity index is 183. The van der Waals surface area contributed by atoms with Crippen LogP contribution in [-0.2, 0) is 13.6 Å². The summed E-state index contributed by atoms with van der Waals surface area (Å²) >= 11 is 0. The summed E-state index contributed by atoms with van der Waals surface area (Å²) in [5.41, 5.74) is 0. The summed E-state index contributed by atoms with van der Waals surface area (Å²) in [6, 6.07) is 0.910. The number of rotatable bonds is 12. The number of likely N-dealkylation sites (N-methyl/N-ethyl adjacent to an activating group) is 1. The van der Waals surface area contributed by atoms with Crippen LogP contribution in [0.1, 0.15) is 27.7 Å². The van der Waals surface area contributed by atoms with Gasteiger partial charge in [-0.3, -0.25) is 0 Å². The third-order valence-corrected chi connectivity index (χ3v) is 5.96. The molecule has 0 saturated heterocycles. The highest BCUT2D eigenvalue weighted by molar-refractivity contribution is 6.66. The molecule has 0 rings (SSSR count). The molecule has 18 heavy (non-hydrogen) atoms. The van der Waals surface area contributed by atoms with E-state index in [0.717, 1.165) is 52.1 Å². The smallest absolute Gasteiger partial charge is 0.337 e. The highest BCUT2D eigenvalue weighted by atomic mass is 28.4. The molecule has 0 spiro atoms. The maximum absolute atomic E-state index is 5.77. The molecule has 0 aromatic heterocycles. The third-order valence-electron chi connectivity index (χ3n) is 3.05. The zero-order chi connectivity index (χ0) is 13.9. The second kappa shape index (κ2) is 10.9. The molecule has 0 saturated carbocycles. The largest absolute Gasteiger partial charge is 0.395 e. The number of ether oxygens (including phenoxy) is 1. The van der Waals surface area contributed by atoms with E-state index in [1.807, 2.05) is 13.8 Å². The van der Waals surface area contributed by atoms with Crippen molar-refractivity contribution < 1.29 is 13.6 Å². The molecule has 4 nitrogen and oxygen atoms in total. The fraction of sp³-hybridized carbons (Fsp3) is 1.00. The summed E-state index contributed by atoms with van der Waals surface area (Å²) in [4.78, 5) is 2.36. The van der Waals surface area contributed by atoms with Crippen molar-refractivity contribution in [2.75, 3.05) is 46.1 Å². The van der Waals surface area contributed by atoms with Crippen molar-refractivity contribution in [3.8, 4) is 0 Å². The van der Waals surface area contributed by atoms with Crippen LogP contribution in [0.5, 0.6) is 0 Å². The molecular weight excluding hydrogens is 246 g/mol. The topological polar surface area (TPSA) is 30.9 Å². The van der Waals surface area contributed by atoms with E-state index in [0.29, 0.717) is 0 Å². The number of hydrogen-bond acceptors (Lipinski definition) is 4. The monoisotopic (exact) mass is 277 g/mol. The standard InChI is InChI=1S/C13H31NO3Si/c1-6-14(7-2)10-11-15-12-13-18(5,16-8-3)17-9-4/h6-13H2,1-5H3. The second-order valence-electron chi connectivity index (χ2n) is 4.39. The van der Waals surface area contributed by atoms with Crippen LogP contribution in [0.2, 0.25) is 12.6 Å². The van der Waals surface area contributed by atoms with E-state index < -0.39 is 8.56 Å². The van der Waals surface area contributed by atoms with Crippen LogP contribution < -0.4 is 0 Å². The lowest BCUT2D eigenvalue weighted by atomic mass is 10.5. The van der Waals surface area contributed by atoms with Crippen molar-refractivity contribution in [3.05, 3.63) is 0 Å². The molecule has 0 amide bonds. The van der Waals surface area contributed by atoms with Gasteiger partial charge in [-0.2, -0.15) is 0 Å². The van der Waals surface area contributed by atoms with Crippen LogP contribution in [0.4, 0.5) is 0 Å². The van der Waals surface area contributed by atoms with Crippen molar-refractivity contribution in [2.45, 2.75) is 40.3 Å². The molecule has 0 aromatic rings. The molecule has 0 fully saturated rings. The van der Waals surface area contributed by atoms with Gasteiger partial charge in [-0.1, -0.05) is 13.8 Å². The molecule has 0 aliphatic rings. The quantitative estimate of drug-likeness (QED) is 0.405. The Morgan fingerprint density at radius 3 is 1.89 bits per heavy atom. The lowest BCUT2D eigenvalue weighted by molar-refractivity contribution is 0.106. The minimum Gasteiger partial charge on any atom is -0.395 e. The van der Waals surface area contributed by atoms with Gasteiger partial charge in [0.15, 0.2) is 0 Å². The van der Waals surface area contributed by atoms with Gasteiger partial charge in [-0.05, 0) is 33.5 Å². The lowest BCUT2D eigenvalue weighted by Crippen LogP contribution is -2.40. The van der Waals surface area contributed by atoms with Gasteiger partial charge in [-0.25, -0.2) is 0 Å². The molecule has 0 atom stereocenters. The Labute approximate surface area is 114 Å². The molecule has 0 radical (unpaired) electrons. The van der Waals surface area contributed by atoms with Crippen molar-refractivity contribution in [2.24, 2.45) is 0 Å². The molecular formula is C13H31NO3Si. The maximum atomic E-state index is 5.77. The van der Waals surface area contributed by atoms with Gasteiger partial charge in [0.2, 0.25) is 0 Å². The third kappa shape index (κ3) is 8.21. The molecule has 0 bridgehead atoms. The van der Waals surface area contributed by atoms with E-state index in [9.17, 15) is 0 Å². The van der Waals surface area contributed by atoms with E-state index in [1.165, 1.54) is 0 Å². The first-order chi connectivity index (χ1) is 8.61. The van der Waals surface area contributed by atoms with E-state index in [1.54, 1.807) is 0 Å². The van der Waals surface area contributed by atoms with Crippen molar-refractivity contribution in [1.29, 1.82) is 0 Å². The van der Waals surface area contributed by atoms with Crippen LogP contribution in [0.25, 0.3) is 0 Å². The second-order valence-corrected chi connectivity index (χ2v) is 7.73. The molecule has 0 aliphatic heterocycles. The Morgan fingerprint density at radius 2 is 1.44 bits per heavy atom. The van der Waals surface area contributed by atoms with E-state index in [4.69, 9.17) is 13.6 Å². The molecule has 0 heterocycles. The van der Waals surface area contributed by atoms with Crippen LogP contribution in [0, 0.1) is 0 Å². The summed E-state index contributed by atoms with van der Waals surface area (Å²) in [5, 5.41) is 0. The first kappa shape index (κ1) is 18.1. The van der Waals surface area contributed by atoms with Crippen molar-refractivity contribution in [1.82, 2.24) is 4.90 Å². The van der Waals surface area contributed by atoms with Gasteiger partial charge in [0.25, 0.3) is 0 Å². The van der Waals surface area contributed by atoms with Crippen LogP contribution >= 0.6 is 0 Å². The van der Waals surface area contributed by atoms with Gasteiger partial charge in [0, 0.05) is 32.4 Å². The fourth-order valence-electron chi connectivity index (χ4n) is 1.89. The summed E-state index contributed by atoms with van der Waals surface area (Å²) in [5.74, 6) is 0. The average molecular weight is 277 g/mol. The van der Waals surface area contributed by atoms with Crippen molar-refractivity contribution in [3.63, 3.8) is 0 Å². The minimum atomic E-state index is -1.98. The maximum Gasteiger partial charge on any atom is 0.337 e. The Balaban J connectivity index is 3.72. The summed E-state index contributed by atoms with van der Waals surface area (Å²) < 4.78 is 17.2. The Morgan fingerprint density at radius 1 is 0.889 bits per heavy atom. The molecule has 110 valence electrons. The van der Waals surface area contributed by atoms with E-state index in [-0.39, 0.29) is 0 Å². The predicted molar refractivity (Wildman–Crippen MR) is 78.3 cm³/mol. The van der Waals surface area contributed by atoms with Crippen LogP contribution in [0.3, 0.4) is 0 Å². The molecule has 0 aromatic carbocycles. The first-order valence-corrected chi connectivity index (χ1v) is 9.72. The fourth-order valence-corrected chi connectivity index (χ4v) is 4.00. The van der Waals surface area contributed by atoms with Gasteiger partial charge < -0.3 is 18.5 Å². The van der Waals surface area contributed by atoms with Crippen LogP contribution in [-0.4, -0.2) is 59.5 Å². The highest BCUT2D eigenvalue weighted by Crippen LogP contribution is 2.13. The SMILES string of the molecule is CCO[Si](C)(CCOCCN(CC)CC)OCC. The zero-order valence-electron chi connectivity index (χ0n) is 12.8. The molecule has 0 aliphatic carbocycles. The first-order valence-electron chi connectivity index (χ1n) is 7.19. The number of hydrogen-bond donors (Lipinski definition) is 0. The van der Waals surface area contributed by atoms with Crippen LogP contribution in [0.15, 0.2) is 0 Å². The van der Waals surface area contributed by atoms with Crippen molar-refractivity contribution >= 4 is 8.56 Å². The summed E-state index contributed by atoms with van der Waals surface area (Å²) in [7, 11) is -1.98. The predicted octanol–water partition coefficient (Wildman–Crippen LogP) is 2.49. The van der Waals surface area contributed by atoms with Gasteiger partial charge in [0.05, 0.1) is 6.61 Å². The summed E-state index contributed by atoms with van der Waals surface area (Å²) in [6.07, 6.45) is 0. The van der Waals surface area contributed by atoms with E-state index >= 15 is 0 Å². The highest BCUT2D eigenvalue weighted by Gasteiger charge is 2.30. The minimum absolute atomic E-state index is 0.724. The van der Waals surface area contributed by atoms with Gasteiger partial charge in [0.1, 0.15) is 0 Å².